The van der Waals surface area contributed by atoms with Crippen LogP contribution in [0.5, 0.6) is 0 Å². The molecule has 6 heteroatoms. The number of aryl methyl sites for hydroxylation is 1. The van der Waals surface area contributed by atoms with Crippen LogP contribution in [0.1, 0.15) is 30.0 Å². The van der Waals surface area contributed by atoms with Gasteiger partial charge in [-0.15, -0.1) is 0 Å². The zero-order valence-electron chi connectivity index (χ0n) is 14.3. The van der Waals surface area contributed by atoms with E-state index in [1.807, 2.05) is 12.3 Å². The quantitative estimate of drug-likeness (QED) is 0.769. The summed E-state index contributed by atoms with van der Waals surface area (Å²) in [7, 11) is 0. The van der Waals surface area contributed by atoms with Crippen LogP contribution in [0.2, 0.25) is 0 Å². The number of H-pyrrole nitrogens is 1. The van der Waals surface area contributed by atoms with Gasteiger partial charge in [0.15, 0.2) is 0 Å². The number of nitrogens with zero attached hydrogens (tertiary/aromatic N) is 4. The lowest BCUT2D eigenvalue weighted by atomic mass is 9.90. The van der Waals surface area contributed by atoms with Crippen LogP contribution >= 0.6 is 0 Å². The first kappa shape index (κ1) is 15.6. The number of aromatic nitrogens is 4. The standard InChI is InChI=1S/C19H22N6/c1-13-4-6-14(7-5-13)16-11-22-24-18(16)15-3-2-10-25(12-15)17-8-9-21-19(20)23-17/h4-9,11,15H,2-3,10,12H2,1H3,(H,22,24)(H2,20,21,23)/t15-/m0/s1. The van der Waals surface area contributed by atoms with Crippen molar-refractivity contribution in [2.45, 2.75) is 25.7 Å². The monoisotopic (exact) mass is 334 g/mol. The van der Waals surface area contributed by atoms with Crippen LogP contribution in [0, 0.1) is 6.92 Å². The number of benzene rings is 1. The Bertz CT molecular complexity index is 854. The molecule has 1 saturated heterocycles. The van der Waals surface area contributed by atoms with Crippen molar-refractivity contribution in [3.8, 4) is 11.1 Å². The maximum Gasteiger partial charge on any atom is 0.221 e. The fourth-order valence-corrected chi connectivity index (χ4v) is 3.53. The van der Waals surface area contributed by atoms with E-state index in [4.69, 9.17) is 5.73 Å². The van der Waals surface area contributed by atoms with Gasteiger partial charge in [0.1, 0.15) is 5.82 Å². The lowest BCUT2D eigenvalue weighted by Crippen LogP contribution is -2.35. The normalized spacial score (nSPS) is 17.6. The average Bonchev–Trinajstić information content (AvgIpc) is 3.12. The van der Waals surface area contributed by atoms with Crippen molar-refractivity contribution in [2.75, 3.05) is 23.7 Å². The zero-order valence-corrected chi connectivity index (χ0v) is 14.3. The summed E-state index contributed by atoms with van der Waals surface area (Å²) in [5.74, 6) is 1.61. The molecule has 4 rings (SSSR count). The van der Waals surface area contributed by atoms with Gasteiger partial charge in [-0.2, -0.15) is 10.1 Å². The molecule has 1 aromatic carbocycles. The Balaban J connectivity index is 1.60. The third-order valence-corrected chi connectivity index (χ3v) is 4.84. The van der Waals surface area contributed by atoms with Crippen molar-refractivity contribution < 1.29 is 0 Å². The topological polar surface area (TPSA) is 83.7 Å². The highest BCUT2D eigenvalue weighted by molar-refractivity contribution is 5.66. The highest BCUT2D eigenvalue weighted by Crippen LogP contribution is 2.34. The number of hydrogen-bond donors (Lipinski definition) is 2. The van der Waals surface area contributed by atoms with Crippen LogP contribution < -0.4 is 10.6 Å². The van der Waals surface area contributed by atoms with Crippen molar-refractivity contribution in [3.63, 3.8) is 0 Å². The van der Waals surface area contributed by atoms with Gasteiger partial charge in [0.2, 0.25) is 5.95 Å². The summed E-state index contributed by atoms with van der Waals surface area (Å²) in [5.41, 5.74) is 10.6. The first-order chi connectivity index (χ1) is 12.2. The van der Waals surface area contributed by atoms with Crippen LogP contribution in [0.15, 0.2) is 42.7 Å². The molecular weight excluding hydrogens is 312 g/mol. The van der Waals surface area contributed by atoms with Gasteiger partial charge in [0.05, 0.1) is 6.20 Å². The van der Waals surface area contributed by atoms with Gasteiger partial charge in [0.25, 0.3) is 0 Å². The van der Waals surface area contributed by atoms with Gasteiger partial charge >= 0.3 is 0 Å². The Morgan fingerprint density at radius 2 is 2.04 bits per heavy atom. The predicted molar refractivity (Wildman–Crippen MR) is 99.4 cm³/mol. The van der Waals surface area contributed by atoms with Crippen LogP contribution in [0.4, 0.5) is 11.8 Å². The maximum atomic E-state index is 5.74. The molecule has 1 aliphatic rings. The summed E-state index contributed by atoms with van der Waals surface area (Å²) in [4.78, 5) is 10.6. The lowest BCUT2D eigenvalue weighted by molar-refractivity contribution is 0.498. The fraction of sp³-hybridized carbons (Fsp3) is 0.316. The second kappa shape index (κ2) is 6.55. The lowest BCUT2D eigenvalue weighted by Gasteiger charge is -2.33. The van der Waals surface area contributed by atoms with E-state index in [1.165, 1.54) is 22.4 Å². The summed E-state index contributed by atoms with van der Waals surface area (Å²) < 4.78 is 0. The SMILES string of the molecule is Cc1ccc(-c2cn[nH]c2[C@H]2CCCN(c3ccnc(N)n3)C2)cc1. The Labute approximate surface area is 147 Å². The van der Waals surface area contributed by atoms with Crippen molar-refractivity contribution in [2.24, 2.45) is 0 Å². The number of aromatic amines is 1. The second-order valence-electron chi connectivity index (χ2n) is 6.62. The van der Waals surface area contributed by atoms with Gasteiger partial charge in [-0.25, -0.2) is 4.98 Å². The highest BCUT2D eigenvalue weighted by atomic mass is 15.2. The molecule has 0 radical (unpaired) electrons. The first-order valence-corrected chi connectivity index (χ1v) is 8.64. The molecule has 0 bridgehead atoms. The minimum atomic E-state index is 0.321. The van der Waals surface area contributed by atoms with E-state index in [9.17, 15) is 0 Å². The molecular formula is C19H22N6. The minimum absolute atomic E-state index is 0.321. The highest BCUT2D eigenvalue weighted by Gasteiger charge is 2.26. The largest absolute Gasteiger partial charge is 0.368 e. The zero-order chi connectivity index (χ0) is 17.2. The Kier molecular flexibility index (Phi) is 4.09. The van der Waals surface area contributed by atoms with E-state index in [0.717, 1.165) is 31.7 Å². The molecule has 3 aromatic rings. The van der Waals surface area contributed by atoms with Crippen molar-refractivity contribution in [1.29, 1.82) is 0 Å². The molecule has 0 spiro atoms. The third-order valence-electron chi connectivity index (χ3n) is 4.84. The van der Waals surface area contributed by atoms with E-state index >= 15 is 0 Å². The second-order valence-corrected chi connectivity index (χ2v) is 6.62. The van der Waals surface area contributed by atoms with Gasteiger partial charge < -0.3 is 10.6 Å². The van der Waals surface area contributed by atoms with Gasteiger partial charge in [-0.05, 0) is 31.4 Å². The first-order valence-electron chi connectivity index (χ1n) is 8.64. The molecule has 0 saturated carbocycles. The maximum absolute atomic E-state index is 5.74. The molecule has 25 heavy (non-hydrogen) atoms. The van der Waals surface area contributed by atoms with E-state index in [0.29, 0.717) is 11.9 Å². The fourth-order valence-electron chi connectivity index (χ4n) is 3.53. The summed E-state index contributed by atoms with van der Waals surface area (Å²) in [5, 5.41) is 7.56. The molecule has 6 nitrogen and oxygen atoms in total. The van der Waals surface area contributed by atoms with Gasteiger partial charge in [-0.1, -0.05) is 29.8 Å². The van der Waals surface area contributed by atoms with E-state index in [-0.39, 0.29) is 0 Å². The van der Waals surface area contributed by atoms with E-state index in [1.54, 1.807) is 6.20 Å². The van der Waals surface area contributed by atoms with Crippen LogP contribution in [-0.2, 0) is 0 Å². The third kappa shape index (κ3) is 3.20. The predicted octanol–water partition coefficient (Wildman–Crippen LogP) is 3.14. The molecule has 1 aliphatic heterocycles. The number of rotatable bonds is 3. The van der Waals surface area contributed by atoms with Crippen LogP contribution in [0.25, 0.3) is 11.1 Å². The number of nitrogens with one attached hydrogen (secondary N) is 1. The summed E-state index contributed by atoms with van der Waals surface area (Å²) in [6.45, 7) is 3.99. The van der Waals surface area contributed by atoms with Crippen LogP contribution in [-0.4, -0.2) is 33.3 Å². The minimum Gasteiger partial charge on any atom is -0.368 e. The molecule has 0 aliphatic carbocycles. The van der Waals surface area contributed by atoms with Crippen molar-refractivity contribution in [1.82, 2.24) is 20.2 Å². The van der Waals surface area contributed by atoms with Gasteiger partial charge in [-0.3, -0.25) is 5.10 Å². The molecule has 3 heterocycles. The number of hydrogen-bond acceptors (Lipinski definition) is 5. The number of anilines is 2. The van der Waals surface area contributed by atoms with Gasteiger partial charge in [0, 0.05) is 36.5 Å². The Morgan fingerprint density at radius 1 is 1.20 bits per heavy atom. The smallest absolute Gasteiger partial charge is 0.221 e. The molecule has 128 valence electrons. The number of piperidine rings is 1. The van der Waals surface area contributed by atoms with E-state index < -0.39 is 0 Å². The summed E-state index contributed by atoms with van der Waals surface area (Å²) in [6, 6.07) is 10.5. The van der Waals surface area contributed by atoms with Crippen molar-refractivity contribution in [3.05, 3.63) is 54.0 Å². The Morgan fingerprint density at radius 3 is 2.84 bits per heavy atom. The van der Waals surface area contributed by atoms with Crippen LogP contribution in [0.3, 0.4) is 0 Å². The number of nitrogen functional groups attached to an aromatic ring is 1. The van der Waals surface area contributed by atoms with E-state index in [2.05, 4.69) is 56.3 Å². The molecule has 1 atom stereocenters. The average molecular weight is 334 g/mol. The molecule has 0 unspecified atom stereocenters. The number of nitrogens with two attached hydrogens (primary N) is 1. The summed E-state index contributed by atoms with van der Waals surface area (Å²) >= 11 is 0. The molecule has 2 aromatic heterocycles. The molecule has 1 fully saturated rings. The summed E-state index contributed by atoms with van der Waals surface area (Å²) in [6.07, 6.45) is 5.90. The molecule has 3 N–H and O–H groups in total. The Hall–Kier alpha value is -2.89. The van der Waals surface area contributed by atoms with Crippen molar-refractivity contribution >= 4 is 11.8 Å². The molecule has 0 amide bonds.